The molecule has 1 atom stereocenters. The van der Waals surface area contributed by atoms with E-state index in [0.29, 0.717) is 18.8 Å². The van der Waals surface area contributed by atoms with Crippen molar-refractivity contribution in [1.82, 2.24) is 5.32 Å². The summed E-state index contributed by atoms with van der Waals surface area (Å²) < 4.78 is 5.25. The minimum atomic E-state index is -1.04. The Morgan fingerprint density at radius 2 is 2.11 bits per heavy atom. The highest BCUT2D eigenvalue weighted by Gasteiger charge is 2.31. The molecule has 0 unspecified atom stereocenters. The molecule has 0 aliphatic carbocycles. The molecule has 0 bridgehead atoms. The van der Waals surface area contributed by atoms with Crippen LogP contribution in [0.25, 0.3) is 0 Å². The molecule has 0 spiro atoms. The summed E-state index contributed by atoms with van der Waals surface area (Å²) in [5, 5.41) is 11.8. The second-order valence-electron chi connectivity index (χ2n) is 4.70. The van der Waals surface area contributed by atoms with Crippen LogP contribution >= 0.6 is 0 Å². The number of aromatic carboxylic acids is 1. The van der Waals surface area contributed by atoms with E-state index in [1.54, 1.807) is 12.1 Å². The molecule has 1 aromatic rings. The van der Waals surface area contributed by atoms with Gasteiger partial charge in [-0.15, -0.1) is 0 Å². The van der Waals surface area contributed by atoms with Gasteiger partial charge in [0.15, 0.2) is 0 Å². The fraction of sp³-hybridized carbons (Fsp3) is 0.385. The Balaban J connectivity index is 2.13. The highest BCUT2D eigenvalue weighted by molar-refractivity contribution is 5.97. The quantitative estimate of drug-likeness (QED) is 0.846. The predicted octanol–water partition coefficient (Wildman–Crippen LogP) is 1.29. The number of carboxylic acids is 1. The van der Waals surface area contributed by atoms with Crippen molar-refractivity contribution in [2.45, 2.75) is 18.9 Å². The summed E-state index contributed by atoms with van der Waals surface area (Å²) in [6, 6.07) is 5.99. The number of ether oxygens (including phenoxy) is 1. The molecule has 1 aromatic carbocycles. The highest BCUT2D eigenvalue weighted by Crippen LogP contribution is 2.18. The van der Waals surface area contributed by atoms with E-state index >= 15 is 0 Å². The third-order valence-electron chi connectivity index (χ3n) is 3.01. The monoisotopic (exact) mass is 249 g/mol. The predicted molar refractivity (Wildman–Crippen MR) is 64.7 cm³/mol. The maximum absolute atomic E-state index is 12.0. The summed E-state index contributed by atoms with van der Waals surface area (Å²) in [5.74, 6) is -1.31. The molecule has 1 heterocycles. The molecule has 18 heavy (non-hydrogen) atoms. The van der Waals surface area contributed by atoms with Crippen molar-refractivity contribution in [3.8, 4) is 0 Å². The Bertz CT molecular complexity index is 478. The van der Waals surface area contributed by atoms with Crippen molar-refractivity contribution in [2.24, 2.45) is 0 Å². The van der Waals surface area contributed by atoms with E-state index in [4.69, 9.17) is 9.84 Å². The first-order valence-corrected chi connectivity index (χ1v) is 5.74. The summed E-state index contributed by atoms with van der Waals surface area (Å²) in [6.45, 7) is 3.03. The van der Waals surface area contributed by atoms with E-state index in [2.05, 4.69) is 5.32 Å². The van der Waals surface area contributed by atoms with E-state index in [1.807, 2.05) is 6.92 Å². The van der Waals surface area contributed by atoms with Gasteiger partial charge in [-0.25, -0.2) is 4.79 Å². The summed E-state index contributed by atoms with van der Waals surface area (Å²) in [7, 11) is 0. The third-order valence-corrected chi connectivity index (χ3v) is 3.01. The van der Waals surface area contributed by atoms with Crippen LogP contribution in [-0.2, 0) is 4.74 Å². The minimum Gasteiger partial charge on any atom is -0.478 e. The van der Waals surface area contributed by atoms with Gasteiger partial charge in [0, 0.05) is 12.2 Å². The Labute approximate surface area is 105 Å². The molecule has 2 N–H and O–H groups in total. The summed E-state index contributed by atoms with van der Waals surface area (Å²) in [6.07, 6.45) is 0.761. The fourth-order valence-electron chi connectivity index (χ4n) is 1.91. The van der Waals surface area contributed by atoms with Crippen molar-refractivity contribution in [2.75, 3.05) is 13.2 Å². The number of hydrogen-bond acceptors (Lipinski definition) is 3. The maximum atomic E-state index is 12.0. The molecule has 2 rings (SSSR count). The largest absolute Gasteiger partial charge is 0.478 e. The van der Waals surface area contributed by atoms with Crippen LogP contribution in [0.5, 0.6) is 0 Å². The lowest BCUT2D eigenvalue weighted by Gasteiger charge is -2.23. The fourth-order valence-corrected chi connectivity index (χ4v) is 1.91. The SMILES string of the molecule is C[C@]1(NC(=O)c2cccc(C(=O)O)c2)CCOC1. The zero-order valence-corrected chi connectivity index (χ0v) is 10.1. The van der Waals surface area contributed by atoms with Gasteiger partial charge in [0.05, 0.1) is 17.7 Å². The molecule has 5 heteroatoms. The number of benzene rings is 1. The lowest BCUT2D eigenvalue weighted by atomic mass is 10.0. The van der Waals surface area contributed by atoms with Gasteiger partial charge < -0.3 is 15.2 Å². The van der Waals surface area contributed by atoms with Crippen molar-refractivity contribution in [1.29, 1.82) is 0 Å². The number of rotatable bonds is 3. The normalized spacial score (nSPS) is 22.7. The average Bonchev–Trinajstić information content (AvgIpc) is 2.76. The zero-order valence-electron chi connectivity index (χ0n) is 10.1. The molecule has 0 saturated carbocycles. The highest BCUT2D eigenvalue weighted by atomic mass is 16.5. The van der Waals surface area contributed by atoms with Crippen LogP contribution in [0.3, 0.4) is 0 Å². The molecule has 5 nitrogen and oxygen atoms in total. The topological polar surface area (TPSA) is 75.6 Å². The number of hydrogen-bond donors (Lipinski definition) is 2. The van der Waals surface area contributed by atoms with Gasteiger partial charge in [0.1, 0.15) is 0 Å². The van der Waals surface area contributed by atoms with Crippen molar-refractivity contribution < 1.29 is 19.4 Å². The van der Waals surface area contributed by atoms with Crippen LogP contribution in [0, 0.1) is 0 Å². The first-order valence-electron chi connectivity index (χ1n) is 5.74. The van der Waals surface area contributed by atoms with Gasteiger partial charge in [-0.3, -0.25) is 4.79 Å². The first-order chi connectivity index (χ1) is 8.50. The third kappa shape index (κ3) is 2.68. The molecular formula is C13H15NO4. The van der Waals surface area contributed by atoms with Crippen LogP contribution < -0.4 is 5.32 Å². The van der Waals surface area contributed by atoms with E-state index in [0.717, 1.165) is 6.42 Å². The summed E-state index contributed by atoms with van der Waals surface area (Å²) in [5.41, 5.74) is 0.0922. The van der Waals surface area contributed by atoms with Crippen molar-refractivity contribution >= 4 is 11.9 Å². The molecule has 1 saturated heterocycles. The van der Waals surface area contributed by atoms with Crippen LogP contribution in [0.15, 0.2) is 24.3 Å². The van der Waals surface area contributed by atoms with E-state index < -0.39 is 5.97 Å². The Morgan fingerprint density at radius 3 is 2.72 bits per heavy atom. The molecule has 1 aliphatic heterocycles. The number of amides is 1. The smallest absolute Gasteiger partial charge is 0.335 e. The molecule has 0 aromatic heterocycles. The van der Waals surface area contributed by atoms with Crippen LogP contribution in [0.1, 0.15) is 34.1 Å². The van der Waals surface area contributed by atoms with Gasteiger partial charge in [-0.1, -0.05) is 6.07 Å². The van der Waals surface area contributed by atoms with E-state index in [1.165, 1.54) is 12.1 Å². The molecule has 1 fully saturated rings. The molecule has 1 amide bonds. The molecule has 0 radical (unpaired) electrons. The lowest BCUT2D eigenvalue weighted by Crippen LogP contribution is -2.46. The van der Waals surface area contributed by atoms with Crippen molar-refractivity contribution in [3.63, 3.8) is 0 Å². The summed E-state index contributed by atoms with van der Waals surface area (Å²) in [4.78, 5) is 22.9. The molecule has 96 valence electrons. The number of carbonyl (C=O) groups excluding carboxylic acids is 1. The average molecular weight is 249 g/mol. The van der Waals surface area contributed by atoms with Gasteiger partial charge >= 0.3 is 5.97 Å². The van der Waals surface area contributed by atoms with Crippen LogP contribution in [0.4, 0.5) is 0 Å². The van der Waals surface area contributed by atoms with E-state index in [-0.39, 0.29) is 17.0 Å². The summed E-state index contributed by atoms with van der Waals surface area (Å²) >= 11 is 0. The second-order valence-corrected chi connectivity index (χ2v) is 4.70. The van der Waals surface area contributed by atoms with Crippen molar-refractivity contribution in [3.05, 3.63) is 35.4 Å². The maximum Gasteiger partial charge on any atom is 0.335 e. The Kier molecular flexibility index (Phi) is 3.34. The number of carboxylic acid groups (broad SMARTS) is 1. The van der Waals surface area contributed by atoms with E-state index in [9.17, 15) is 9.59 Å². The van der Waals surface area contributed by atoms with Gasteiger partial charge in [0.2, 0.25) is 0 Å². The Hall–Kier alpha value is -1.88. The first kappa shape index (κ1) is 12.6. The number of carbonyl (C=O) groups is 2. The van der Waals surface area contributed by atoms with Crippen LogP contribution in [-0.4, -0.2) is 35.7 Å². The van der Waals surface area contributed by atoms with Crippen LogP contribution in [0.2, 0.25) is 0 Å². The second kappa shape index (κ2) is 4.78. The van der Waals surface area contributed by atoms with Gasteiger partial charge in [0.25, 0.3) is 5.91 Å². The zero-order chi connectivity index (χ0) is 13.2. The standard InChI is InChI=1S/C13H15NO4/c1-13(5-6-18-8-13)14-11(15)9-3-2-4-10(7-9)12(16)17/h2-4,7H,5-6,8H2,1H3,(H,14,15)(H,16,17)/t13-/m0/s1. The van der Waals surface area contributed by atoms with Gasteiger partial charge in [-0.2, -0.15) is 0 Å². The minimum absolute atomic E-state index is 0.107. The van der Waals surface area contributed by atoms with Gasteiger partial charge in [-0.05, 0) is 31.5 Å². The Morgan fingerprint density at radius 1 is 1.39 bits per heavy atom. The molecule has 1 aliphatic rings. The number of nitrogens with one attached hydrogen (secondary N) is 1. The molecular weight excluding hydrogens is 234 g/mol. The lowest BCUT2D eigenvalue weighted by molar-refractivity contribution is 0.0697.